The van der Waals surface area contributed by atoms with Gasteiger partial charge >= 0.3 is 0 Å². The predicted octanol–water partition coefficient (Wildman–Crippen LogP) is 0.756. The molecular weight excluding hydrogens is 194 g/mol. The summed E-state index contributed by atoms with van der Waals surface area (Å²) in [4.78, 5) is 11.3. The molecule has 0 aliphatic carbocycles. The number of amides is 1. The summed E-state index contributed by atoms with van der Waals surface area (Å²) in [5.74, 6) is 0.546. The first-order chi connectivity index (χ1) is 7.20. The highest BCUT2D eigenvalue weighted by molar-refractivity contribution is 5.89. The molecule has 84 valence electrons. The maximum absolute atomic E-state index is 11.3. The van der Waals surface area contributed by atoms with Crippen LogP contribution in [0.1, 0.15) is 43.7 Å². The normalized spacial score (nSPS) is 10.6. The molecule has 0 aromatic carbocycles. The van der Waals surface area contributed by atoms with Crippen LogP contribution in [-0.4, -0.2) is 33.1 Å². The van der Waals surface area contributed by atoms with Gasteiger partial charge in [-0.3, -0.25) is 4.79 Å². The van der Waals surface area contributed by atoms with Crippen LogP contribution in [0.2, 0.25) is 0 Å². The van der Waals surface area contributed by atoms with E-state index in [9.17, 15) is 4.79 Å². The lowest BCUT2D eigenvalue weighted by molar-refractivity contribution is 0.0942. The molecular formula is C9H17N5O. The molecule has 0 saturated carbocycles. The van der Waals surface area contributed by atoms with E-state index in [1.807, 2.05) is 0 Å². The molecule has 0 saturated heterocycles. The summed E-state index contributed by atoms with van der Waals surface area (Å²) in [5.41, 5.74) is 0. The van der Waals surface area contributed by atoms with Gasteiger partial charge in [0.25, 0.3) is 11.7 Å². The highest BCUT2D eigenvalue weighted by Gasteiger charge is 2.08. The van der Waals surface area contributed by atoms with Crippen molar-refractivity contribution in [1.29, 1.82) is 0 Å². The monoisotopic (exact) mass is 211 g/mol. The Bertz CT molecular complexity index is 283. The van der Waals surface area contributed by atoms with E-state index in [0.29, 0.717) is 6.54 Å². The summed E-state index contributed by atoms with van der Waals surface area (Å²) in [6, 6.07) is 0. The molecule has 1 heterocycles. The number of hydrogen-bond acceptors (Lipinski definition) is 4. The lowest BCUT2D eigenvalue weighted by Gasteiger charge is -2.04. The number of aromatic nitrogens is 4. The largest absolute Gasteiger partial charge is 0.349 e. The second-order valence-corrected chi connectivity index (χ2v) is 3.88. The minimum absolute atomic E-state index is 0.0962. The summed E-state index contributed by atoms with van der Waals surface area (Å²) < 4.78 is 0. The number of hydrogen-bond donors (Lipinski definition) is 2. The van der Waals surface area contributed by atoms with E-state index in [1.54, 1.807) is 0 Å². The molecule has 6 nitrogen and oxygen atoms in total. The Hall–Kier alpha value is -1.46. The number of tetrazole rings is 1. The van der Waals surface area contributed by atoms with E-state index in [4.69, 9.17) is 0 Å². The quantitative estimate of drug-likeness (QED) is 0.680. The molecule has 1 aromatic heterocycles. The molecule has 0 spiro atoms. The van der Waals surface area contributed by atoms with Crippen LogP contribution < -0.4 is 5.32 Å². The zero-order valence-corrected chi connectivity index (χ0v) is 9.16. The average Bonchev–Trinajstić information content (AvgIpc) is 2.69. The number of aromatic amines is 1. The summed E-state index contributed by atoms with van der Waals surface area (Å²) in [5, 5.41) is 15.5. The minimum Gasteiger partial charge on any atom is -0.349 e. The molecule has 6 heteroatoms. The van der Waals surface area contributed by atoms with Gasteiger partial charge in [0, 0.05) is 6.54 Å². The van der Waals surface area contributed by atoms with Crippen molar-refractivity contribution in [2.75, 3.05) is 6.54 Å². The molecule has 1 amide bonds. The first kappa shape index (κ1) is 11.6. The summed E-state index contributed by atoms with van der Waals surface area (Å²) in [6.07, 6.45) is 3.31. The van der Waals surface area contributed by atoms with Crippen LogP contribution in [0.5, 0.6) is 0 Å². The van der Waals surface area contributed by atoms with Gasteiger partial charge in [0.2, 0.25) is 0 Å². The van der Waals surface area contributed by atoms with Gasteiger partial charge in [0.1, 0.15) is 0 Å². The Morgan fingerprint density at radius 3 is 2.87 bits per heavy atom. The van der Waals surface area contributed by atoms with E-state index < -0.39 is 0 Å². The average molecular weight is 211 g/mol. The fourth-order valence-electron chi connectivity index (χ4n) is 1.22. The third kappa shape index (κ3) is 4.53. The van der Waals surface area contributed by atoms with Crippen LogP contribution in [0.15, 0.2) is 0 Å². The number of H-pyrrole nitrogens is 1. The number of unbranched alkanes of at least 4 members (excludes halogenated alkanes) is 1. The first-order valence-electron chi connectivity index (χ1n) is 5.22. The van der Waals surface area contributed by atoms with Crippen molar-refractivity contribution < 1.29 is 4.79 Å². The van der Waals surface area contributed by atoms with Gasteiger partial charge in [-0.1, -0.05) is 26.7 Å². The Morgan fingerprint density at radius 1 is 1.47 bits per heavy atom. The Balaban J connectivity index is 2.08. The van der Waals surface area contributed by atoms with Gasteiger partial charge in [-0.2, -0.15) is 5.21 Å². The van der Waals surface area contributed by atoms with Crippen molar-refractivity contribution in [1.82, 2.24) is 25.9 Å². The third-order valence-corrected chi connectivity index (χ3v) is 2.04. The molecule has 0 fully saturated rings. The van der Waals surface area contributed by atoms with Gasteiger partial charge in [-0.15, -0.1) is 10.2 Å². The highest BCUT2D eigenvalue weighted by atomic mass is 16.2. The van der Waals surface area contributed by atoms with Crippen molar-refractivity contribution in [2.45, 2.75) is 33.1 Å². The van der Waals surface area contributed by atoms with Crippen molar-refractivity contribution in [2.24, 2.45) is 5.92 Å². The Morgan fingerprint density at radius 2 is 2.27 bits per heavy atom. The van der Waals surface area contributed by atoms with E-state index >= 15 is 0 Å². The Labute approximate surface area is 88.8 Å². The van der Waals surface area contributed by atoms with Crippen LogP contribution in [-0.2, 0) is 0 Å². The van der Waals surface area contributed by atoms with Crippen LogP contribution >= 0.6 is 0 Å². The fourth-order valence-corrected chi connectivity index (χ4v) is 1.22. The third-order valence-electron chi connectivity index (χ3n) is 2.04. The van der Waals surface area contributed by atoms with Crippen molar-refractivity contribution in [3.8, 4) is 0 Å². The second-order valence-electron chi connectivity index (χ2n) is 3.88. The summed E-state index contributed by atoms with van der Waals surface area (Å²) in [7, 11) is 0. The van der Waals surface area contributed by atoms with Crippen LogP contribution in [0.4, 0.5) is 0 Å². The fraction of sp³-hybridized carbons (Fsp3) is 0.778. The smallest absolute Gasteiger partial charge is 0.292 e. The molecule has 2 N–H and O–H groups in total. The van der Waals surface area contributed by atoms with E-state index in [0.717, 1.165) is 18.8 Å². The van der Waals surface area contributed by atoms with Gasteiger partial charge < -0.3 is 5.32 Å². The molecule has 1 rings (SSSR count). The SMILES string of the molecule is CC(C)CCCCNC(=O)c1nn[nH]n1. The van der Waals surface area contributed by atoms with Gasteiger partial charge in [-0.05, 0) is 17.6 Å². The number of rotatable bonds is 6. The van der Waals surface area contributed by atoms with Crippen LogP contribution in [0, 0.1) is 5.92 Å². The molecule has 15 heavy (non-hydrogen) atoms. The van der Waals surface area contributed by atoms with Gasteiger partial charge in [0.05, 0.1) is 0 Å². The molecule has 1 aromatic rings. The minimum atomic E-state index is -0.270. The summed E-state index contributed by atoms with van der Waals surface area (Å²) >= 11 is 0. The van der Waals surface area contributed by atoms with Crippen LogP contribution in [0.25, 0.3) is 0 Å². The Kier molecular flexibility index (Phi) is 4.73. The van der Waals surface area contributed by atoms with Crippen LogP contribution in [0.3, 0.4) is 0 Å². The highest BCUT2D eigenvalue weighted by Crippen LogP contribution is 2.05. The summed E-state index contributed by atoms with van der Waals surface area (Å²) in [6.45, 7) is 5.05. The number of nitrogens with zero attached hydrogens (tertiary/aromatic N) is 3. The first-order valence-corrected chi connectivity index (χ1v) is 5.22. The maximum atomic E-state index is 11.3. The molecule has 0 radical (unpaired) electrons. The molecule has 0 aliphatic rings. The van der Waals surface area contributed by atoms with Crippen molar-refractivity contribution in [3.05, 3.63) is 5.82 Å². The lowest BCUT2D eigenvalue weighted by atomic mass is 10.1. The van der Waals surface area contributed by atoms with Gasteiger partial charge in [-0.25, -0.2) is 0 Å². The number of carbonyl (C=O) groups excluding carboxylic acids is 1. The lowest BCUT2D eigenvalue weighted by Crippen LogP contribution is -2.25. The van der Waals surface area contributed by atoms with E-state index in [-0.39, 0.29) is 11.7 Å². The molecule has 0 unspecified atom stereocenters. The van der Waals surface area contributed by atoms with Crippen molar-refractivity contribution >= 4 is 5.91 Å². The number of carbonyl (C=O) groups is 1. The second kappa shape index (κ2) is 6.10. The molecule has 0 atom stereocenters. The predicted molar refractivity (Wildman–Crippen MR) is 55.2 cm³/mol. The molecule has 0 bridgehead atoms. The zero-order chi connectivity index (χ0) is 11.1. The standard InChI is InChI=1S/C9H17N5O/c1-7(2)5-3-4-6-10-9(15)8-11-13-14-12-8/h7H,3-6H2,1-2H3,(H,10,15)(H,11,12,13,14). The van der Waals surface area contributed by atoms with Crippen molar-refractivity contribution in [3.63, 3.8) is 0 Å². The van der Waals surface area contributed by atoms with E-state index in [1.165, 1.54) is 6.42 Å². The zero-order valence-electron chi connectivity index (χ0n) is 9.16. The van der Waals surface area contributed by atoms with Gasteiger partial charge in [0.15, 0.2) is 0 Å². The van der Waals surface area contributed by atoms with E-state index in [2.05, 4.69) is 39.8 Å². The molecule has 0 aliphatic heterocycles. The number of nitrogens with one attached hydrogen (secondary N) is 2. The maximum Gasteiger partial charge on any atom is 0.292 e. The topological polar surface area (TPSA) is 83.6 Å².